The molecular weight excluding hydrogens is 741 g/mol. The molecule has 0 fully saturated rings. The summed E-state index contributed by atoms with van der Waals surface area (Å²) in [5, 5.41) is 14.5. The first kappa shape index (κ1) is 40.3. The van der Waals surface area contributed by atoms with E-state index in [0.717, 1.165) is 60.4 Å². The van der Waals surface area contributed by atoms with Gasteiger partial charge >= 0.3 is 0 Å². The van der Waals surface area contributed by atoms with E-state index in [2.05, 4.69) is 36.4 Å². The lowest BCUT2D eigenvalue weighted by molar-refractivity contribution is 0.476. The Kier molecular flexibility index (Phi) is 9.17. The van der Waals surface area contributed by atoms with E-state index < -0.39 is 5.41 Å². The highest BCUT2D eigenvalue weighted by atomic mass is 16.3. The molecule has 1 aliphatic rings. The number of hydrogen-bond donors (Lipinski definition) is 1. The average Bonchev–Trinajstić information content (AvgIpc) is 3.77. The molecule has 0 aliphatic heterocycles. The Labute approximate surface area is 374 Å². The van der Waals surface area contributed by atoms with Gasteiger partial charge in [-0.2, -0.15) is 0 Å². The molecule has 13 heteroatoms. The molecule has 0 spiro atoms. The summed E-state index contributed by atoms with van der Waals surface area (Å²) >= 11 is 0. The van der Waals surface area contributed by atoms with Gasteiger partial charge in [-0.25, -0.2) is 4.98 Å². The number of phenols is 1. The Balaban J connectivity index is 1.20. The zero-order valence-corrected chi connectivity index (χ0v) is 34.4. The third-order valence-corrected chi connectivity index (χ3v) is 13.0. The number of aromatic hydroxyl groups is 1. The minimum Gasteiger partial charge on any atom is -0.508 e. The normalized spacial score (nSPS) is 13.0. The van der Waals surface area contributed by atoms with Crippen molar-refractivity contribution in [2.75, 3.05) is 0 Å². The van der Waals surface area contributed by atoms with Gasteiger partial charge in [0.05, 0.1) is 11.0 Å². The van der Waals surface area contributed by atoms with Crippen molar-refractivity contribution >= 4 is 166 Å². The van der Waals surface area contributed by atoms with Crippen LogP contribution in [0.2, 0.25) is 0 Å². The highest BCUT2D eigenvalue weighted by molar-refractivity contribution is 6.66. The molecule has 1 aromatic heterocycles. The zero-order chi connectivity index (χ0) is 43.8. The van der Waals surface area contributed by atoms with Gasteiger partial charge in [0.15, 0.2) is 0 Å². The SMILES string of the molecule is [B]c1c([B])c([B])c2c(c1[B])-c1c([B])c([B])c(-c3c4ccccc4c(-c4ccc(-c5nc6ccccc6n5-c5c([B])c([B])c(O)c(C)c5[B])cc4)c4ccccc34)c([B])c1C2(C)C. The van der Waals surface area contributed by atoms with Crippen molar-refractivity contribution in [2.45, 2.75) is 26.2 Å². The molecule has 0 bridgehead atoms. The molecule has 3 nitrogen and oxygen atoms in total. The Hall–Kier alpha value is -5.80. The number of nitrogens with zero attached hydrogens (tertiary/aromatic N) is 2. The number of para-hydroxylation sites is 2. The van der Waals surface area contributed by atoms with Crippen LogP contribution < -0.4 is 54.6 Å². The average molecular weight is 767 g/mol. The van der Waals surface area contributed by atoms with Crippen molar-refractivity contribution in [2.24, 2.45) is 0 Å². The number of fused-ring (bicyclic) bond motifs is 6. The fourth-order valence-electron chi connectivity index (χ4n) is 9.94. The van der Waals surface area contributed by atoms with Gasteiger partial charge in [0.1, 0.15) is 90.0 Å². The molecule has 268 valence electrons. The van der Waals surface area contributed by atoms with Gasteiger partial charge in [0.2, 0.25) is 0 Å². The predicted molar refractivity (Wildman–Crippen MR) is 270 cm³/mol. The van der Waals surface area contributed by atoms with Crippen LogP contribution in [0.25, 0.3) is 83.0 Å². The summed E-state index contributed by atoms with van der Waals surface area (Å²) in [7, 11) is 67.3. The highest BCUT2D eigenvalue weighted by Crippen LogP contribution is 2.48. The highest BCUT2D eigenvalue weighted by Gasteiger charge is 2.41. The van der Waals surface area contributed by atoms with Gasteiger partial charge in [-0.1, -0.05) is 142 Å². The quantitative estimate of drug-likeness (QED) is 0.211. The van der Waals surface area contributed by atoms with E-state index in [4.69, 9.17) is 83.4 Å². The molecule has 1 N–H and O–H groups in total. The van der Waals surface area contributed by atoms with Crippen molar-refractivity contribution in [3.8, 4) is 56.2 Å². The number of aromatic nitrogens is 2. The Bertz CT molecular complexity index is 3380. The lowest BCUT2D eigenvalue weighted by Crippen LogP contribution is -2.51. The van der Waals surface area contributed by atoms with Gasteiger partial charge in [-0.15, -0.1) is 10.9 Å². The summed E-state index contributed by atoms with van der Waals surface area (Å²) in [6.45, 7) is 5.77. The van der Waals surface area contributed by atoms with Crippen LogP contribution in [0.3, 0.4) is 0 Å². The second-order valence-electron chi connectivity index (χ2n) is 16.6. The molecule has 0 atom stereocenters. The first-order chi connectivity index (χ1) is 29.6. The lowest BCUT2D eigenvalue weighted by Gasteiger charge is -2.30. The standard InChI is InChI=1S/C49H26B10N2O/c1-20-36(50)46(44(58)45(59)47(20)62)61-28-15-9-8-14-27(28)60-48(61)22-18-16-21(17-19-22)29-23-10-4-6-12-25(23)30(26-13-7-5-11-24(26)29)33-37(51)34-31(38(52)40(33)54)32-35(49(34,2)3)41(55)43(57)42(56)39(32)53/h4-19,62H,1-3H3. The van der Waals surface area contributed by atoms with Crippen LogP contribution in [-0.4, -0.2) is 93.1 Å². The van der Waals surface area contributed by atoms with Crippen LogP contribution in [0.4, 0.5) is 0 Å². The molecule has 62 heavy (non-hydrogen) atoms. The van der Waals surface area contributed by atoms with E-state index in [1.165, 1.54) is 0 Å². The van der Waals surface area contributed by atoms with E-state index in [0.29, 0.717) is 66.6 Å². The van der Waals surface area contributed by atoms with E-state index in [1.807, 2.05) is 79.1 Å². The third-order valence-electron chi connectivity index (χ3n) is 13.0. The molecule has 20 radical (unpaired) electrons. The summed E-state index contributed by atoms with van der Waals surface area (Å²) in [5.41, 5.74) is 11.3. The summed E-state index contributed by atoms with van der Waals surface area (Å²) in [4.78, 5) is 5.05. The van der Waals surface area contributed by atoms with E-state index >= 15 is 0 Å². The molecular formula is C49H26B10N2O. The van der Waals surface area contributed by atoms with Crippen molar-refractivity contribution in [1.29, 1.82) is 0 Å². The number of hydrogen-bond acceptors (Lipinski definition) is 2. The first-order valence-electron chi connectivity index (χ1n) is 20.0. The smallest absolute Gasteiger partial charge is 0.145 e. The fraction of sp³-hybridized carbons (Fsp3) is 0.0816. The van der Waals surface area contributed by atoms with Gasteiger partial charge < -0.3 is 5.11 Å². The first-order valence-corrected chi connectivity index (χ1v) is 20.0. The van der Waals surface area contributed by atoms with Crippen molar-refractivity contribution in [3.05, 3.63) is 114 Å². The Morgan fingerprint density at radius 2 is 0.919 bits per heavy atom. The second kappa shape index (κ2) is 14.1. The van der Waals surface area contributed by atoms with Crippen LogP contribution >= 0.6 is 0 Å². The van der Waals surface area contributed by atoms with E-state index in [1.54, 1.807) is 6.92 Å². The van der Waals surface area contributed by atoms with Crippen LogP contribution in [0.5, 0.6) is 5.75 Å². The van der Waals surface area contributed by atoms with Gasteiger partial charge in [0, 0.05) is 16.7 Å². The maximum absolute atomic E-state index is 10.7. The Morgan fingerprint density at radius 1 is 0.452 bits per heavy atom. The van der Waals surface area contributed by atoms with Crippen molar-refractivity contribution < 1.29 is 5.11 Å². The molecule has 9 aromatic rings. The summed E-state index contributed by atoms with van der Waals surface area (Å²) in [5.74, 6) is 0.459. The predicted octanol–water partition coefficient (Wildman–Crippen LogP) is 0.591. The van der Waals surface area contributed by atoms with E-state index in [9.17, 15) is 5.11 Å². The van der Waals surface area contributed by atoms with Crippen LogP contribution in [0.1, 0.15) is 30.5 Å². The minimum atomic E-state index is -0.760. The van der Waals surface area contributed by atoms with Gasteiger partial charge in [-0.3, -0.25) is 4.57 Å². The minimum absolute atomic E-state index is 0.0534. The lowest BCUT2D eigenvalue weighted by atomic mass is 9.61. The summed E-state index contributed by atoms with van der Waals surface area (Å²) in [6.07, 6.45) is 0. The largest absolute Gasteiger partial charge is 0.508 e. The van der Waals surface area contributed by atoms with Crippen molar-refractivity contribution in [1.82, 2.24) is 9.55 Å². The van der Waals surface area contributed by atoms with Gasteiger partial charge in [-0.05, 0) is 90.7 Å². The van der Waals surface area contributed by atoms with Crippen LogP contribution in [0, 0.1) is 6.92 Å². The third kappa shape index (κ3) is 5.36. The molecule has 0 saturated carbocycles. The number of rotatable bonds is 4. The number of benzene rings is 8. The second-order valence-corrected chi connectivity index (χ2v) is 16.6. The molecule has 0 saturated heterocycles. The Morgan fingerprint density at radius 3 is 1.52 bits per heavy atom. The molecule has 1 heterocycles. The summed E-state index contributed by atoms with van der Waals surface area (Å²) in [6, 6.07) is 32.4. The maximum atomic E-state index is 10.7. The zero-order valence-electron chi connectivity index (χ0n) is 34.4. The molecule has 1 aliphatic carbocycles. The number of imidazole rings is 1. The van der Waals surface area contributed by atoms with Crippen molar-refractivity contribution in [3.63, 3.8) is 0 Å². The van der Waals surface area contributed by atoms with Crippen LogP contribution in [0.15, 0.2) is 97.1 Å². The van der Waals surface area contributed by atoms with E-state index in [-0.39, 0.29) is 33.1 Å². The molecule has 0 unspecified atom stereocenters. The maximum Gasteiger partial charge on any atom is 0.145 e. The molecule has 8 aromatic carbocycles. The topological polar surface area (TPSA) is 38.0 Å². The number of phenolic OH excluding ortho intramolecular Hbond substituents is 1. The monoisotopic (exact) mass is 768 g/mol. The molecule has 10 rings (SSSR count). The fourth-order valence-corrected chi connectivity index (χ4v) is 9.94. The van der Waals surface area contributed by atoms with Gasteiger partial charge in [0.25, 0.3) is 0 Å². The molecule has 0 amide bonds. The van der Waals surface area contributed by atoms with Crippen LogP contribution in [-0.2, 0) is 5.41 Å². The summed E-state index contributed by atoms with van der Waals surface area (Å²) < 4.78 is 1.90.